The Labute approximate surface area is 131 Å². The van der Waals surface area contributed by atoms with E-state index in [1.165, 1.54) is 26.4 Å². The van der Waals surface area contributed by atoms with E-state index >= 15 is 0 Å². The first-order valence-corrected chi connectivity index (χ1v) is 7.52. The molecule has 1 saturated carbocycles. The van der Waals surface area contributed by atoms with Gasteiger partial charge in [-0.25, -0.2) is 5.43 Å². The van der Waals surface area contributed by atoms with Crippen molar-refractivity contribution in [2.45, 2.75) is 38.1 Å². The molecule has 2 rings (SSSR count). The molecule has 0 spiro atoms. The molecule has 6 heteroatoms. The second-order valence-electron chi connectivity index (χ2n) is 5.25. The predicted octanol–water partition coefficient (Wildman–Crippen LogP) is 1.86. The van der Waals surface area contributed by atoms with E-state index in [4.69, 9.17) is 9.47 Å². The summed E-state index contributed by atoms with van der Waals surface area (Å²) in [6, 6.07) is 5.44. The molecule has 6 nitrogen and oxygen atoms in total. The number of carbonyl (C=O) groups excluding carboxylic acids is 1. The number of benzene rings is 1. The van der Waals surface area contributed by atoms with Gasteiger partial charge in [-0.05, 0) is 31.0 Å². The van der Waals surface area contributed by atoms with E-state index in [1.54, 1.807) is 25.3 Å². The highest BCUT2D eigenvalue weighted by molar-refractivity contribution is 5.94. The van der Waals surface area contributed by atoms with Crippen molar-refractivity contribution in [3.8, 4) is 11.5 Å². The Morgan fingerprint density at radius 1 is 1.14 bits per heavy atom. The van der Waals surface area contributed by atoms with Crippen molar-refractivity contribution in [3.05, 3.63) is 30.4 Å². The molecule has 0 unspecified atom stereocenters. The van der Waals surface area contributed by atoms with Gasteiger partial charge >= 0.3 is 0 Å². The lowest BCUT2D eigenvalue weighted by atomic mass is 9.96. The highest BCUT2D eigenvalue weighted by Crippen LogP contribution is 2.27. The molecular formula is C16H23N3O3. The molecule has 1 fully saturated rings. The van der Waals surface area contributed by atoms with E-state index in [9.17, 15) is 4.79 Å². The third-order valence-electron chi connectivity index (χ3n) is 3.77. The van der Waals surface area contributed by atoms with Crippen molar-refractivity contribution in [3.63, 3.8) is 0 Å². The summed E-state index contributed by atoms with van der Waals surface area (Å²) in [6.45, 7) is 2.82. The zero-order valence-electron chi connectivity index (χ0n) is 13.1. The second kappa shape index (κ2) is 8.60. The summed E-state index contributed by atoms with van der Waals surface area (Å²) in [5, 5.41) is 3.15. The van der Waals surface area contributed by atoms with Gasteiger partial charge in [0.25, 0.3) is 5.91 Å². The van der Waals surface area contributed by atoms with Gasteiger partial charge in [0.05, 0.1) is 14.2 Å². The molecule has 0 heterocycles. The maximum atomic E-state index is 12.0. The van der Waals surface area contributed by atoms with Crippen LogP contribution in [-0.4, -0.2) is 26.2 Å². The first kappa shape index (κ1) is 16.6. The highest BCUT2D eigenvalue weighted by Gasteiger charge is 2.13. The van der Waals surface area contributed by atoms with Crippen molar-refractivity contribution in [2.75, 3.05) is 14.2 Å². The van der Waals surface area contributed by atoms with E-state index in [1.807, 2.05) is 0 Å². The van der Waals surface area contributed by atoms with Crippen molar-refractivity contribution >= 4 is 5.91 Å². The maximum Gasteiger partial charge on any atom is 0.265 e. The topological polar surface area (TPSA) is 71.6 Å². The molecule has 1 aromatic rings. The van der Waals surface area contributed by atoms with Crippen LogP contribution in [0.4, 0.5) is 0 Å². The molecule has 3 N–H and O–H groups in total. The van der Waals surface area contributed by atoms with Crippen LogP contribution >= 0.6 is 0 Å². The molecule has 1 amide bonds. The van der Waals surface area contributed by atoms with Gasteiger partial charge in [-0.2, -0.15) is 0 Å². The lowest BCUT2D eigenvalue weighted by Gasteiger charge is -2.22. The zero-order valence-corrected chi connectivity index (χ0v) is 13.1. The molecular weight excluding hydrogens is 282 g/mol. The molecule has 0 aliphatic heterocycles. The van der Waals surface area contributed by atoms with Gasteiger partial charge < -0.3 is 9.47 Å². The molecule has 1 aliphatic carbocycles. The fourth-order valence-corrected chi connectivity index (χ4v) is 2.52. The van der Waals surface area contributed by atoms with Crippen molar-refractivity contribution in [2.24, 2.45) is 0 Å². The van der Waals surface area contributed by atoms with Crippen molar-refractivity contribution in [1.82, 2.24) is 16.2 Å². The van der Waals surface area contributed by atoms with Gasteiger partial charge in [-0.3, -0.25) is 15.5 Å². The normalized spacial score (nSPS) is 15.4. The third-order valence-corrected chi connectivity index (χ3v) is 3.77. The average molecular weight is 305 g/mol. The Bertz CT molecular complexity index is 488. The molecule has 2 radical (unpaired) electrons. The molecule has 0 aromatic heterocycles. The molecule has 0 bridgehead atoms. The van der Waals surface area contributed by atoms with Gasteiger partial charge in [-0.15, -0.1) is 0 Å². The fourth-order valence-electron chi connectivity index (χ4n) is 2.52. The fraction of sp³-hybridized carbons (Fsp3) is 0.500. The van der Waals surface area contributed by atoms with Crippen LogP contribution in [0.3, 0.4) is 0 Å². The largest absolute Gasteiger partial charge is 0.493 e. The Balaban J connectivity index is 1.77. The van der Waals surface area contributed by atoms with Crippen LogP contribution in [0, 0.1) is 6.67 Å². The monoisotopic (exact) mass is 305 g/mol. The van der Waals surface area contributed by atoms with Crippen LogP contribution in [0.15, 0.2) is 18.2 Å². The number of ether oxygens (including phenoxy) is 2. The summed E-state index contributed by atoms with van der Waals surface area (Å²) in [7, 11) is 3.09. The summed E-state index contributed by atoms with van der Waals surface area (Å²) < 4.78 is 10.3. The Hall–Kier alpha value is -1.79. The minimum absolute atomic E-state index is 0.265. The third kappa shape index (κ3) is 4.61. The van der Waals surface area contributed by atoms with Gasteiger partial charge in [0.2, 0.25) is 0 Å². The Kier molecular flexibility index (Phi) is 6.48. The summed E-state index contributed by atoms with van der Waals surface area (Å²) in [5.41, 5.74) is 5.71. The van der Waals surface area contributed by atoms with Crippen molar-refractivity contribution in [1.29, 1.82) is 0 Å². The molecule has 1 aliphatic rings. The Morgan fingerprint density at radius 2 is 1.86 bits per heavy atom. The average Bonchev–Trinajstić information content (AvgIpc) is 2.58. The van der Waals surface area contributed by atoms with Crippen LogP contribution in [0.25, 0.3) is 0 Å². The number of hydrazine groups is 1. The van der Waals surface area contributed by atoms with Gasteiger partial charge in [-0.1, -0.05) is 19.3 Å². The van der Waals surface area contributed by atoms with Gasteiger partial charge in [0, 0.05) is 11.6 Å². The SMILES string of the molecule is COc1ccc(C(=O)NN[C]NC2CCCCC2)cc1OC. The smallest absolute Gasteiger partial charge is 0.265 e. The minimum Gasteiger partial charge on any atom is -0.493 e. The van der Waals surface area contributed by atoms with Crippen LogP contribution in [0.2, 0.25) is 0 Å². The van der Waals surface area contributed by atoms with Crippen molar-refractivity contribution < 1.29 is 14.3 Å². The summed E-state index contributed by atoms with van der Waals surface area (Å²) in [5.74, 6) is 0.839. The summed E-state index contributed by atoms with van der Waals surface area (Å²) >= 11 is 0. The highest BCUT2D eigenvalue weighted by atomic mass is 16.5. The van der Waals surface area contributed by atoms with Crippen LogP contribution in [0.1, 0.15) is 42.5 Å². The minimum atomic E-state index is -0.265. The number of rotatable bonds is 7. The van der Waals surface area contributed by atoms with Gasteiger partial charge in [0.1, 0.15) is 0 Å². The van der Waals surface area contributed by atoms with E-state index in [0.29, 0.717) is 23.1 Å². The first-order chi connectivity index (χ1) is 10.7. The predicted molar refractivity (Wildman–Crippen MR) is 83.4 cm³/mol. The summed E-state index contributed by atoms with van der Waals surface area (Å²) in [4.78, 5) is 12.0. The number of carbonyl (C=O) groups is 1. The molecule has 120 valence electrons. The quantitative estimate of drug-likeness (QED) is 0.407. The molecule has 0 atom stereocenters. The molecule has 0 saturated heterocycles. The number of methoxy groups -OCH3 is 2. The number of hydrogen-bond acceptors (Lipinski definition) is 5. The number of amides is 1. The lowest BCUT2D eigenvalue weighted by Crippen LogP contribution is -2.42. The van der Waals surface area contributed by atoms with Crippen LogP contribution in [0.5, 0.6) is 11.5 Å². The van der Waals surface area contributed by atoms with Crippen LogP contribution < -0.4 is 25.6 Å². The lowest BCUT2D eigenvalue weighted by molar-refractivity contribution is 0.0935. The zero-order chi connectivity index (χ0) is 15.8. The second-order valence-corrected chi connectivity index (χ2v) is 5.25. The maximum absolute atomic E-state index is 12.0. The molecule has 1 aromatic carbocycles. The van der Waals surface area contributed by atoms with Crippen LogP contribution in [-0.2, 0) is 0 Å². The Morgan fingerprint density at radius 3 is 2.55 bits per heavy atom. The van der Waals surface area contributed by atoms with E-state index < -0.39 is 0 Å². The van der Waals surface area contributed by atoms with E-state index in [-0.39, 0.29) is 5.91 Å². The van der Waals surface area contributed by atoms with Gasteiger partial charge in [0.15, 0.2) is 18.2 Å². The first-order valence-electron chi connectivity index (χ1n) is 7.52. The number of nitrogens with one attached hydrogen (secondary N) is 3. The molecule has 22 heavy (non-hydrogen) atoms. The number of hydrogen-bond donors (Lipinski definition) is 3. The standard InChI is InChI=1S/C16H23N3O3/c1-21-14-9-8-12(10-15(14)22-2)16(20)19-18-11-17-13-6-4-3-5-7-13/h8-10,13,17-18H,3-7H2,1-2H3,(H,19,20). The summed E-state index contributed by atoms with van der Waals surface area (Å²) in [6.07, 6.45) is 6.10. The van der Waals surface area contributed by atoms with E-state index in [0.717, 1.165) is 12.8 Å². The van der Waals surface area contributed by atoms with E-state index in [2.05, 4.69) is 22.8 Å².